The van der Waals surface area contributed by atoms with Gasteiger partial charge in [-0.3, -0.25) is 0 Å². The first-order valence-corrected chi connectivity index (χ1v) is 7.84. The lowest BCUT2D eigenvalue weighted by Gasteiger charge is -2.10. The molecule has 0 atom stereocenters. The standard InChI is InChI=1S/C18H19N3S/c22-18(21-13-15-4-2-1-3-5-15)20-10-8-14-6-7-17-16(12-14)9-11-19-17/h1-7,9,11-12,19H,8,10,13H2,(H2,20,21,22). The van der Waals surface area contributed by atoms with Crippen molar-refractivity contribution >= 4 is 28.2 Å². The van der Waals surface area contributed by atoms with Gasteiger partial charge in [0, 0.05) is 24.8 Å². The Hall–Kier alpha value is -2.33. The van der Waals surface area contributed by atoms with Crippen molar-refractivity contribution in [1.29, 1.82) is 0 Å². The summed E-state index contributed by atoms with van der Waals surface area (Å²) in [5.74, 6) is 0. The van der Waals surface area contributed by atoms with Crippen molar-refractivity contribution in [3.8, 4) is 0 Å². The molecule has 0 saturated carbocycles. The van der Waals surface area contributed by atoms with Gasteiger partial charge in [0.05, 0.1) is 0 Å². The lowest BCUT2D eigenvalue weighted by Crippen LogP contribution is -2.35. The summed E-state index contributed by atoms with van der Waals surface area (Å²) in [6, 6.07) is 18.8. The molecule has 3 nitrogen and oxygen atoms in total. The van der Waals surface area contributed by atoms with Gasteiger partial charge in [-0.05, 0) is 53.4 Å². The third kappa shape index (κ3) is 3.86. The molecule has 0 aliphatic rings. The van der Waals surface area contributed by atoms with Crippen molar-refractivity contribution in [2.75, 3.05) is 6.54 Å². The van der Waals surface area contributed by atoms with E-state index in [9.17, 15) is 0 Å². The summed E-state index contributed by atoms with van der Waals surface area (Å²) in [4.78, 5) is 3.21. The molecule has 0 bridgehead atoms. The molecule has 0 aliphatic heterocycles. The van der Waals surface area contributed by atoms with Gasteiger partial charge in [-0.1, -0.05) is 36.4 Å². The van der Waals surface area contributed by atoms with Gasteiger partial charge in [0.2, 0.25) is 0 Å². The first kappa shape index (κ1) is 14.6. The number of rotatable bonds is 5. The highest BCUT2D eigenvalue weighted by Crippen LogP contribution is 2.14. The summed E-state index contributed by atoms with van der Waals surface area (Å²) in [5.41, 5.74) is 3.71. The van der Waals surface area contributed by atoms with Crippen molar-refractivity contribution in [2.45, 2.75) is 13.0 Å². The molecular weight excluding hydrogens is 290 g/mol. The summed E-state index contributed by atoms with van der Waals surface area (Å²) < 4.78 is 0. The van der Waals surface area contributed by atoms with E-state index in [1.165, 1.54) is 22.0 Å². The Morgan fingerprint density at radius 2 is 1.82 bits per heavy atom. The van der Waals surface area contributed by atoms with Crippen molar-refractivity contribution in [2.24, 2.45) is 0 Å². The normalized spacial score (nSPS) is 10.5. The second kappa shape index (κ2) is 7.09. The van der Waals surface area contributed by atoms with Crippen LogP contribution < -0.4 is 10.6 Å². The van der Waals surface area contributed by atoms with Gasteiger partial charge in [-0.25, -0.2) is 0 Å². The zero-order valence-corrected chi connectivity index (χ0v) is 13.1. The van der Waals surface area contributed by atoms with Crippen LogP contribution in [0.25, 0.3) is 10.9 Å². The molecule has 0 fully saturated rings. The van der Waals surface area contributed by atoms with Crippen LogP contribution in [0.1, 0.15) is 11.1 Å². The second-order valence-electron chi connectivity index (χ2n) is 5.24. The Bertz CT molecular complexity index is 749. The molecule has 0 aliphatic carbocycles. The molecule has 2 aromatic carbocycles. The molecule has 3 N–H and O–H groups in total. The van der Waals surface area contributed by atoms with Gasteiger partial charge >= 0.3 is 0 Å². The SMILES string of the molecule is S=C(NCCc1ccc2[nH]ccc2c1)NCc1ccccc1. The smallest absolute Gasteiger partial charge is 0.166 e. The molecule has 1 heterocycles. The average Bonchev–Trinajstić information content (AvgIpc) is 3.02. The number of hydrogen-bond donors (Lipinski definition) is 3. The maximum Gasteiger partial charge on any atom is 0.166 e. The molecular formula is C18H19N3S. The third-order valence-corrected chi connectivity index (χ3v) is 3.90. The Morgan fingerprint density at radius 1 is 0.955 bits per heavy atom. The van der Waals surface area contributed by atoms with Crippen LogP contribution in [-0.2, 0) is 13.0 Å². The van der Waals surface area contributed by atoms with Crippen molar-refractivity contribution in [1.82, 2.24) is 15.6 Å². The maximum absolute atomic E-state index is 5.30. The van der Waals surface area contributed by atoms with E-state index in [1.807, 2.05) is 24.4 Å². The van der Waals surface area contributed by atoms with Gasteiger partial charge < -0.3 is 15.6 Å². The number of aromatic amines is 1. The number of thiocarbonyl (C=S) groups is 1. The van der Waals surface area contributed by atoms with E-state index >= 15 is 0 Å². The third-order valence-electron chi connectivity index (χ3n) is 3.61. The van der Waals surface area contributed by atoms with E-state index < -0.39 is 0 Å². The van der Waals surface area contributed by atoms with E-state index in [1.54, 1.807) is 0 Å². The quantitative estimate of drug-likeness (QED) is 0.633. The molecule has 0 radical (unpaired) electrons. The summed E-state index contributed by atoms with van der Waals surface area (Å²) in [6.07, 6.45) is 2.92. The highest BCUT2D eigenvalue weighted by atomic mass is 32.1. The Kier molecular flexibility index (Phi) is 4.71. The number of fused-ring (bicyclic) bond motifs is 1. The van der Waals surface area contributed by atoms with E-state index in [-0.39, 0.29) is 0 Å². The van der Waals surface area contributed by atoms with Crippen LogP contribution in [0.3, 0.4) is 0 Å². The fourth-order valence-electron chi connectivity index (χ4n) is 2.42. The maximum atomic E-state index is 5.30. The number of benzene rings is 2. The molecule has 0 saturated heterocycles. The first-order chi connectivity index (χ1) is 10.8. The summed E-state index contributed by atoms with van der Waals surface area (Å²) >= 11 is 5.30. The summed E-state index contributed by atoms with van der Waals surface area (Å²) in [6.45, 7) is 1.58. The van der Waals surface area contributed by atoms with Gasteiger partial charge in [0.25, 0.3) is 0 Å². The van der Waals surface area contributed by atoms with Gasteiger partial charge in [-0.2, -0.15) is 0 Å². The number of H-pyrrole nitrogens is 1. The predicted molar refractivity (Wildman–Crippen MR) is 95.9 cm³/mol. The van der Waals surface area contributed by atoms with Crippen LogP contribution in [0, 0.1) is 0 Å². The van der Waals surface area contributed by atoms with E-state index in [4.69, 9.17) is 12.2 Å². The Balaban J connectivity index is 1.43. The summed E-state index contributed by atoms with van der Waals surface area (Å²) in [7, 11) is 0. The molecule has 4 heteroatoms. The van der Waals surface area contributed by atoms with Crippen molar-refractivity contribution in [3.05, 3.63) is 71.9 Å². The lowest BCUT2D eigenvalue weighted by molar-refractivity contribution is 0.815. The Morgan fingerprint density at radius 3 is 2.68 bits per heavy atom. The van der Waals surface area contributed by atoms with Crippen LogP contribution in [0.5, 0.6) is 0 Å². The van der Waals surface area contributed by atoms with E-state index in [0.29, 0.717) is 5.11 Å². The van der Waals surface area contributed by atoms with Crippen LogP contribution in [0.15, 0.2) is 60.8 Å². The Labute approximate surface area is 135 Å². The second-order valence-corrected chi connectivity index (χ2v) is 5.65. The van der Waals surface area contributed by atoms with Crippen molar-refractivity contribution in [3.63, 3.8) is 0 Å². The van der Waals surface area contributed by atoms with Crippen LogP contribution in [0.2, 0.25) is 0 Å². The minimum Gasteiger partial charge on any atom is -0.362 e. The minimum atomic E-state index is 0.701. The molecule has 0 amide bonds. The van der Waals surface area contributed by atoms with Crippen LogP contribution >= 0.6 is 12.2 Å². The highest BCUT2D eigenvalue weighted by Gasteiger charge is 1.99. The number of aromatic nitrogens is 1. The molecule has 3 rings (SSSR count). The number of hydrogen-bond acceptors (Lipinski definition) is 1. The molecule has 0 spiro atoms. The van der Waals surface area contributed by atoms with Crippen molar-refractivity contribution < 1.29 is 0 Å². The zero-order valence-electron chi connectivity index (χ0n) is 12.3. The van der Waals surface area contributed by atoms with E-state index in [0.717, 1.165) is 19.5 Å². The monoisotopic (exact) mass is 309 g/mol. The van der Waals surface area contributed by atoms with Gasteiger partial charge in [-0.15, -0.1) is 0 Å². The highest BCUT2D eigenvalue weighted by molar-refractivity contribution is 7.80. The summed E-state index contributed by atoms with van der Waals surface area (Å²) in [5, 5.41) is 8.43. The minimum absolute atomic E-state index is 0.701. The lowest BCUT2D eigenvalue weighted by atomic mass is 10.1. The van der Waals surface area contributed by atoms with Crippen LogP contribution in [0.4, 0.5) is 0 Å². The van der Waals surface area contributed by atoms with Crippen LogP contribution in [-0.4, -0.2) is 16.6 Å². The van der Waals surface area contributed by atoms with Gasteiger partial charge in [0.1, 0.15) is 0 Å². The fraction of sp³-hybridized carbons (Fsp3) is 0.167. The average molecular weight is 309 g/mol. The zero-order chi connectivity index (χ0) is 15.2. The first-order valence-electron chi connectivity index (χ1n) is 7.43. The largest absolute Gasteiger partial charge is 0.362 e. The molecule has 1 aromatic heterocycles. The number of nitrogens with one attached hydrogen (secondary N) is 3. The molecule has 22 heavy (non-hydrogen) atoms. The predicted octanol–water partition coefficient (Wildman–Crippen LogP) is 3.37. The van der Waals surface area contributed by atoms with Gasteiger partial charge in [0.15, 0.2) is 5.11 Å². The fourth-order valence-corrected chi connectivity index (χ4v) is 2.59. The molecule has 0 unspecified atom stereocenters. The topological polar surface area (TPSA) is 39.9 Å². The molecule has 112 valence electrons. The van der Waals surface area contributed by atoms with E-state index in [2.05, 4.69) is 52.0 Å². The molecule has 3 aromatic rings.